The lowest BCUT2D eigenvalue weighted by Gasteiger charge is -2.25. The van der Waals surface area contributed by atoms with E-state index in [2.05, 4.69) is 33.0 Å². The first-order valence-electron chi connectivity index (χ1n) is 11.6. The first kappa shape index (κ1) is 25.9. The van der Waals surface area contributed by atoms with Crippen LogP contribution in [0.3, 0.4) is 0 Å². The van der Waals surface area contributed by atoms with Gasteiger partial charge in [-0.25, -0.2) is 4.68 Å². The molecule has 1 unspecified atom stereocenters. The molecule has 7 heteroatoms. The van der Waals surface area contributed by atoms with Crippen molar-refractivity contribution in [1.29, 1.82) is 0 Å². The number of likely N-dealkylation sites (N-methyl/N-ethyl adjacent to an activating group) is 1. The average molecular weight is 461 g/mol. The van der Waals surface area contributed by atoms with Crippen molar-refractivity contribution in [2.24, 2.45) is 5.92 Å². The predicted octanol–water partition coefficient (Wildman–Crippen LogP) is 5.83. The molecule has 1 atom stereocenters. The van der Waals surface area contributed by atoms with Crippen LogP contribution in [0.25, 0.3) is 5.69 Å². The molecule has 6 nitrogen and oxygen atoms in total. The summed E-state index contributed by atoms with van der Waals surface area (Å²) in [7, 11) is 0. The number of nitrogens with zero attached hydrogens (tertiary/aromatic N) is 3. The topological polar surface area (TPSA) is 67.2 Å². The number of nitrogens with one attached hydrogen (secondary N) is 1. The predicted molar refractivity (Wildman–Crippen MR) is 131 cm³/mol. The van der Waals surface area contributed by atoms with E-state index in [-0.39, 0.29) is 29.7 Å². The van der Waals surface area contributed by atoms with Gasteiger partial charge in [0.1, 0.15) is 5.82 Å². The van der Waals surface area contributed by atoms with Crippen LogP contribution in [0.2, 0.25) is 5.02 Å². The Hall–Kier alpha value is -2.34. The second kappa shape index (κ2) is 11.5. The summed E-state index contributed by atoms with van der Waals surface area (Å²) in [5.41, 5.74) is 1.47. The zero-order valence-electron chi connectivity index (χ0n) is 20.2. The van der Waals surface area contributed by atoms with E-state index in [1.54, 1.807) is 21.7 Å². The van der Waals surface area contributed by atoms with Crippen LogP contribution in [0.4, 0.5) is 5.82 Å². The van der Waals surface area contributed by atoms with Crippen molar-refractivity contribution < 1.29 is 9.59 Å². The number of benzene rings is 1. The summed E-state index contributed by atoms with van der Waals surface area (Å²) in [4.78, 5) is 27.6. The highest BCUT2D eigenvalue weighted by Gasteiger charge is 2.25. The molecule has 2 amide bonds. The van der Waals surface area contributed by atoms with Gasteiger partial charge in [0.25, 0.3) is 0 Å². The largest absolute Gasteiger partial charge is 0.333 e. The van der Waals surface area contributed by atoms with Crippen LogP contribution < -0.4 is 5.32 Å². The molecule has 176 valence electrons. The Morgan fingerprint density at radius 3 is 2.34 bits per heavy atom. The van der Waals surface area contributed by atoms with Crippen LogP contribution in [0.1, 0.15) is 72.9 Å². The summed E-state index contributed by atoms with van der Waals surface area (Å²) in [6.45, 7) is 12.8. The number of halogens is 1. The van der Waals surface area contributed by atoms with E-state index >= 15 is 0 Å². The molecule has 2 rings (SSSR count). The number of rotatable bonds is 10. The average Bonchev–Trinajstić information content (AvgIpc) is 3.17. The third-order valence-electron chi connectivity index (χ3n) is 5.59. The molecule has 1 heterocycles. The lowest BCUT2D eigenvalue weighted by atomic mass is 9.92. The lowest BCUT2D eigenvalue weighted by molar-refractivity contribution is -0.138. The van der Waals surface area contributed by atoms with E-state index in [0.29, 0.717) is 17.4 Å². The molecule has 0 saturated heterocycles. The quantitative estimate of drug-likeness (QED) is 0.485. The SMILES string of the molecule is CCCCC(CC)C(=O)N(CC)CC(=O)Nc1cc(C(C)(C)C)nn1-c1ccc(Cl)cc1. The van der Waals surface area contributed by atoms with Crippen molar-refractivity contribution in [3.8, 4) is 5.69 Å². The van der Waals surface area contributed by atoms with Gasteiger partial charge < -0.3 is 10.2 Å². The first-order chi connectivity index (χ1) is 15.1. The molecule has 1 N–H and O–H groups in total. The molecule has 1 aromatic carbocycles. The fourth-order valence-electron chi connectivity index (χ4n) is 3.53. The van der Waals surface area contributed by atoms with E-state index in [1.165, 1.54) is 0 Å². The summed E-state index contributed by atoms with van der Waals surface area (Å²) >= 11 is 6.04. The van der Waals surface area contributed by atoms with Crippen molar-refractivity contribution in [2.45, 2.75) is 72.6 Å². The lowest BCUT2D eigenvalue weighted by Crippen LogP contribution is -2.41. The minimum Gasteiger partial charge on any atom is -0.333 e. The fraction of sp³-hybridized carbons (Fsp3) is 0.560. The van der Waals surface area contributed by atoms with E-state index in [0.717, 1.165) is 37.1 Å². The summed E-state index contributed by atoms with van der Waals surface area (Å²) < 4.78 is 1.71. The third-order valence-corrected chi connectivity index (χ3v) is 5.84. The minimum atomic E-state index is -0.235. The standard InChI is InChI=1S/C25H37ClN4O2/c1-7-10-11-18(8-2)24(32)29(9-3)17-23(31)27-22-16-21(25(4,5)6)28-30(22)20-14-12-19(26)13-15-20/h12-16,18H,7-11,17H2,1-6H3,(H,27,31). The van der Waals surface area contributed by atoms with Crippen LogP contribution in [0.5, 0.6) is 0 Å². The van der Waals surface area contributed by atoms with Crippen LogP contribution >= 0.6 is 11.6 Å². The van der Waals surface area contributed by atoms with Gasteiger partial charge in [0.2, 0.25) is 11.8 Å². The molecule has 0 spiro atoms. The molecular formula is C25H37ClN4O2. The zero-order valence-corrected chi connectivity index (χ0v) is 21.0. The Balaban J connectivity index is 2.23. The van der Waals surface area contributed by atoms with Crippen LogP contribution in [-0.4, -0.2) is 39.6 Å². The zero-order chi connectivity index (χ0) is 23.9. The number of unbranched alkanes of at least 4 members (excludes halogenated alkanes) is 1. The molecule has 0 aliphatic rings. The van der Waals surface area contributed by atoms with Crippen molar-refractivity contribution in [3.63, 3.8) is 0 Å². The molecule has 2 aromatic rings. The van der Waals surface area contributed by atoms with Crippen LogP contribution in [0, 0.1) is 5.92 Å². The Morgan fingerprint density at radius 2 is 1.81 bits per heavy atom. The van der Waals surface area contributed by atoms with Gasteiger partial charge in [-0.1, -0.05) is 59.1 Å². The van der Waals surface area contributed by atoms with Crippen LogP contribution in [0.15, 0.2) is 30.3 Å². The highest BCUT2D eigenvalue weighted by Crippen LogP contribution is 2.27. The molecule has 0 bridgehead atoms. The van der Waals surface area contributed by atoms with Crippen molar-refractivity contribution in [2.75, 3.05) is 18.4 Å². The number of hydrogen-bond donors (Lipinski definition) is 1. The number of amides is 2. The maximum Gasteiger partial charge on any atom is 0.245 e. The maximum atomic E-state index is 13.0. The third kappa shape index (κ3) is 6.83. The Kier molecular flexibility index (Phi) is 9.32. The molecule has 0 fully saturated rings. The summed E-state index contributed by atoms with van der Waals surface area (Å²) in [6.07, 6.45) is 3.72. The Labute approximate surface area is 197 Å². The number of carbonyl (C=O) groups excluding carboxylic acids is 2. The molecule has 0 saturated carbocycles. The normalized spacial score (nSPS) is 12.5. The highest BCUT2D eigenvalue weighted by atomic mass is 35.5. The maximum absolute atomic E-state index is 13.0. The number of carbonyl (C=O) groups is 2. The summed E-state index contributed by atoms with van der Waals surface area (Å²) in [6, 6.07) is 9.19. The monoisotopic (exact) mass is 460 g/mol. The van der Waals surface area contributed by atoms with Gasteiger partial charge >= 0.3 is 0 Å². The highest BCUT2D eigenvalue weighted by molar-refractivity contribution is 6.30. The molecule has 0 aliphatic carbocycles. The van der Waals surface area contributed by atoms with Gasteiger partial charge in [-0.3, -0.25) is 9.59 Å². The number of hydrogen-bond acceptors (Lipinski definition) is 3. The van der Waals surface area contributed by atoms with E-state index < -0.39 is 0 Å². The van der Waals surface area contributed by atoms with Crippen molar-refractivity contribution in [1.82, 2.24) is 14.7 Å². The van der Waals surface area contributed by atoms with Gasteiger partial charge in [0, 0.05) is 29.0 Å². The molecular weight excluding hydrogens is 424 g/mol. The van der Waals surface area contributed by atoms with E-state index in [1.807, 2.05) is 32.0 Å². The fourth-order valence-corrected chi connectivity index (χ4v) is 3.65. The molecule has 1 aromatic heterocycles. The Bertz CT molecular complexity index is 900. The minimum absolute atomic E-state index is 0.0224. The van der Waals surface area contributed by atoms with Gasteiger partial charge in [-0.2, -0.15) is 5.10 Å². The van der Waals surface area contributed by atoms with Crippen molar-refractivity contribution >= 4 is 29.2 Å². The Morgan fingerprint density at radius 1 is 1.16 bits per heavy atom. The van der Waals surface area contributed by atoms with Gasteiger partial charge in [-0.15, -0.1) is 0 Å². The second-order valence-electron chi connectivity index (χ2n) is 9.20. The van der Waals surface area contributed by atoms with E-state index in [4.69, 9.17) is 16.7 Å². The summed E-state index contributed by atoms with van der Waals surface area (Å²) in [5, 5.41) is 8.33. The number of anilines is 1. The smallest absolute Gasteiger partial charge is 0.245 e. The second-order valence-corrected chi connectivity index (χ2v) is 9.64. The number of aromatic nitrogens is 2. The van der Waals surface area contributed by atoms with Gasteiger partial charge in [0.05, 0.1) is 17.9 Å². The molecule has 32 heavy (non-hydrogen) atoms. The van der Waals surface area contributed by atoms with Gasteiger partial charge in [0.15, 0.2) is 0 Å². The first-order valence-corrected chi connectivity index (χ1v) is 11.9. The van der Waals surface area contributed by atoms with E-state index in [9.17, 15) is 9.59 Å². The van der Waals surface area contributed by atoms with Gasteiger partial charge in [-0.05, 0) is 44.0 Å². The van der Waals surface area contributed by atoms with Crippen molar-refractivity contribution in [3.05, 3.63) is 41.0 Å². The molecule has 0 radical (unpaired) electrons. The summed E-state index contributed by atoms with van der Waals surface area (Å²) in [5.74, 6) is 0.361. The van der Waals surface area contributed by atoms with Crippen LogP contribution in [-0.2, 0) is 15.0 Å². The molecule has 0 aliphatic heterocycles.